The van der Waals surface area contributed by atoms with E-state index in [1.54, 1.807) is 61.5 Å². The summed E-state index contributed by atoms with van der Waals surface area (Å²) in [5.41, 5.74) is 1.03. The summed E-state index contributed by atoms with van der Waals surface area (Å²) in [6, 6.07) is 20.3. The molecular weight excluding hydrogens is 528 g/mol. The maximum absolute atomic E-state index is 13.3. The van der Waals surface area contributed by atoms with E-state index in [4.69, 9.17) is 0 Å². The molecule has 0 saturated carbocycles. The SMILES string of the molecule is C[C@@H](NC(=O)CN(c1cccc(Br)c1)S(=O)(=O)c1ccccc1)c1ccc(S(C)(=O)=O)cc1. The van der Waals surface area contributed by atoms with Crippen molar-refractivity contribution in [2.45, 2.75) is 22.8 Å². The van der Waals surface area contributed by atoms with Crippen molar-refractivity contribution in [3.63, 3.8) is 0 Å². The first-order chi connectivity index (χ1) is 15.5. The Morgan fingerprint density at radius 2 is 1.55 bits per heavy atom. The van der Waals surface area contributed by atoms with Gasteiger partial charge in [0.1, 0.15) is 6.54 Å². The zero-order valence-corrected chi connectivity index (χ0v) is 21.2. The van der Waals surface area contributed by atoms with Crippen LogP contribution in [-0.2, 0) is 24.7 Å². The molecule has 0 fully saturated rings. The van der Waals surface area contributed by atoms with Crippen LogP contribution >= 0.6 is 15.9 Å². The minimum absolute atomic E-state index is 0.0715. The van der Waals surface area contributed by atoms with E-state index < -0.39 is 38.4 Å². The number of amides is 1. The maximum atomic E-state index is 13.3. The van der Waals surface area contributed by atoms with E-state index in [0.29, 0.717) is 15.7 Å². The third-order valence-electron chi connectivity index (χ3n) is 4.90. The minimum atomic E-state index is -4.00. The van der Waals surface area contributed by atoms with Gasteiger partial charge in [-0.2, -0.15) is 0 Å². The second-order valence-corrected chi connectivity index (χ2v) is 12.2. The molecule has 0 aliphatic heterocycles. The molecule has 1 amide bonds. The fourth-order valence-electron chi connectivity index (χ4n) is 3.17. The van der Waals surface area contributed by atoms with Crippen LogP contribution in [0.4, 0.5) is 5.69 Å². The molecule has 0 saturated heterocycles. The summed E-state index contributed by atoms with van der Waals surface area (Å²) in [7, 11) is -7.33. The molecule has 7 nitrogen and oxygen atoms in total. The summed E-state index contributed by atoms with van der Waals surface area (Å²) in [5.74, 6) is -0.505. The van der Waals surface area contributed by atoms with E-state index in [2.05, 4.69) is 21.2 Å². The highest BCUT2D eigenvalue weighted by Gasteiger charge is 2.27. The monoisotopic (exact) mass is 550 g/mol. The summed E-state index contributed by atoms with van der Waals surface area (Å²) in [6.07, 6.45) is 1.12. The van der Waals surface area contributed by atoms with Crippen molar-refractivity contribution in [2.24, 2.45) is 0 Å². The van der Waals surface area contributed by atoms with Gasteiger partial charge in [-0.15, -0.1) is 0 Å². The van der Waals surface area contributed by atoms with Gasteiger partial charge in [0, 0.05) is 10.7 Å². The molecule has 3 rings (SSSR count). The Hall–Kier alpha value is -2.69. The Bertz CT molecular complexity index is 1340. The Balaban J connectivity index is 1.85. The van der Waals surface area contributed by atoms with Gasteiger partial charge in [-0.1, -0.05) is 52.3 Å². The number of rotatable bonds is 8. The largest absolute Gasteiger partial charge is 0.348 e. The lowest BCUT2D eigenvalue weighted by Crippen LogP contribution is -2.41. The van der Waals surface area contributed by atoms with E-state index in [1.165, 1.54) is 24.3 Å². The quantitative estimate of drug-likeness (QED) is 0.458. The van der Waals surface area contributed by atoms with Crippen LogP contribution in [0.3, 0.4) is 0 Å². The number of nitrogens with zero attached hydrogens (tertiary/aromatic N) is 1. The number of benzene rings is 3. The van der Waals surface area contributed by atoms with Gasteiger partial charge in [0.15, 0.2) is 9.84 Å². The molecule has 0 radical (unpaired) electrons. The third-order valence-corrected chi connectivity index (χ3v) is 8.31. The van der Waals surface area contributed by atoms with Gasteiger partial charge < -0.3 is 5.32 Å². The van der Waals surface area contributed by atoms with Crippen molar-refractivity contribution in [2.75, 3.05) is 17.1 Å². The molecule has 0 unspecified atom stereocenters. The fraction of sp³-hybridized carbons (Fsp3) is 0.174. The van der Waals surface area contributed by atoms with Crippen LogP contribution in [0.25, 0.3) is 0 Å². The van der Waals surface area contributed by atoms with E-state index in [9.17, 15) is 21.6 Å². The van der Waals surface area contributed by atoms with Crippen LogP contribution in [0, 0.1) is 0 Å². The average Bonchev–Trinajstić information content (AvgIpc) is 2.77. The summed E-state index contributed by atoms with van der Waals surface area (Å²) in [6.45, 7) is 1.31. The Morgan fingerprint density at radius 3 is 2.12 bits per heavy atom. The molecule has 1 atom stereocenters. The van der Waals surface area contributed by atoms with Crippen molar-refractivity contribution in [1.82, 2.24) is 5.32 Å². The predicted molar refractivity (Wildman–Crippen MR) is 131 cm³/mol. The number of nitrogens with one attached hydrogen (secondary N) is 1. The highest BCUT2D eigenvalue weighted by molar-refractivity contribution is 9.10. The minimum Gasteiger partial charge on any atom is -0.348 e. The van der Waals surface area contributed by atoms with E-state index in [0.717, 1.165) is 10.6 Å². The van der Waals surface area contributed by atoms with Gasteiger partial charge in [0.05, 0.1) is 21.5 Å². The zero-order chi connectivity index (χ0) is 24.2. The summed E-state index contributed by atoms with van der Waals surface area (Å²) in [4.78, 5) is 13.1. The number of carbonyl (C=O) groups excluding carboxylic acids is 1. The van der Waals surface area contributed by atoms with Crippen LogP contribution in [0.15, 0.2) is 93.1 Å². The number of hydrogen-bond acceptors (Lipinski definition) is 5. The van der Waals surface area contributed by atoms with Gasteiger partial charge in [-0.05, 0) is 55.0 Å². The number of anilines is 1. The normalized spacial score (nSPS) is 12.7. The molecule has 0 bridgehead atoms. The van der Waals surface area contributed by atoms with E-state index in [-0.39, 0.29) is 9.79 Å². The molecule has 0 spiro atoms. The number of halogens is 1. The lowest BCUT2D eigenvalue weighted by atomic mass is 10.1. The molecule has 174 valence electrons. The maximum Gasteiger partial charge on any atom is 0.264 e. The first kappa shape index (κ1) is 24.9. The average molecular weight is 551 g/mol. The van der Waals surface area contributed by atoms with Crippen molar-refractivity contribution in [3.8, 4) is 0 Å². The summed E-state index contributed by atoms with van der Waals surface area (Å²) < 4.78 is 51.7. The second kappa shape index (κ2) is 10.1. The number of hydrogen-bond donors (Lipinski definition) is 1. The van der Waals surface area contributed by atoms with Crippen LogP contribution < -0.4 is 9.62 Å². The molecule has 33 heavy (non-hydrogen) atoms. The summed E-state index contributed by atoms with van der Waals surface area (Å²) >= 11 is 3.35. The Labute approximate surface area is 202 Å². The van der Waals surface area contributed by atoms with Crippen LogP contribution in [0.5, 0.6) is 0 Å². The lowest BCUT2D eigenvalue weighted by Gasteiger charge is -2.25. The van der Waals surface area contributed by atoms with Gasteiger partial charge in [-0.25, -0.2) is 16.8 Å². The smallest absolute Gasteiger partial charge is 0.264 e. The molecule has 3 aromatic carbocycles. The molecule has 0 heterocycles. The van der Waals surface area contributed by atoms with Crippen molar-refractivity contribution in [1.29, 1.82) is 0 Å². The first-order valence-corrected chi connectivity index (χ1v) is 14.0. The zero-order valence-electron chi connectivity index (χ0n) is 18.0. The molecule has 1 N–H and O–H groups in total. The Morgan fingerprint density at radius 1 is 0.909 bits per heavy atom. The highest BCUT2D eigenvalue weighted by atomic mass is 79.9. The van der Waals surface area contributed by atoms with Crippen molar-refractivity contribution < 1.29 is 21.6 Å². The van der Waals surface area contributed by atoms with Crippen molar-refractivity contribution in [3.05, 3.63) is 88.9 Å². The number of sulfonamides is 1. The van der Waals surface area contributed by atoms with Gasteiger partial charge in [-0.3, -0.25) is 9.10 Å². The van der Waals surface area contributed by atoms with Crippen LogP contribution in [0.1, 0.15) is 18.5 Å². The molecule has 0 aromatic heterocycles. The van der Waals surface area contributed by atoms with Crippen LogP contribution in [-0.4, -0.2) is 35.5 Å². The molecule has 0 aliphatic carbocycles. The molecule has 0 aliphatic rings. The predicted octanol–water partition coefficient (Wildman–Crippen LogP) is 3.93. The molecular formula is C23H23BrN2O5S2. The van der Waals surface area contributed by atoms with E-state index in [1.807, 2.05) is 0 Å². The van der Waals surface area contributed by atoms with Crippen molar-refractivity contribution >= 4 is 47.4 Å². The Kier molecular flexibility index (Phi) is 7.61. The van der Waals surface area contributed by atoms with Gasteiger partial charge in [0.25, 0.3) is 10.0 Å². The van der Waals surface area contributed by atoms with Crippen LogP contribution in [0.2, 0.25) is 0 Å². The van der Waals surface area contributed by atoms with E-state index >= 15 is 0 Å². The van der Waals surface area contributed by atoms with Gasteiger partial charge in [0.2, 0.25) is 5.91 Å². The highest BCUT2D eigenvalue weighted by Crippen LogP contribution is 2.26. The fourth-order valence-corrected chi connectivity index (χ4v) is 5.62. The molecule has 3 aromatic rings. The third kappa shape index (κ3) is 6.21. The second-order valence-electron chi connectivity index (χ2n) is 7.44. The first-order valence-electron chi connectivity index (χ1n) is 9.91. The topological polar surface area (TPSA) is 101 Å². The molecule has 10 heteroatoms. The number of carbonyl (C=O) groups is 1. The lowest BCUT2D eigenvalue weighted by molar-refractivity contribution is -0.120. The number of sulfone groups is 1. The summed E-state index contributed by atoms with van der Waals surface area (Å²) in [5, 5.41) is 2.79. The van der Waals surface area contributed by atoms with Gasteiger partial charge >= 0.3 is 0 Å². The standard InChI is InChI=1S/C23H23BrN2O5S2/c1-17(18-11-13-21(14-12-18)32(2,28)29)25-23(27)16-26(20-8-6-7-19(24)15-20)33(30,31)22-9-4-3-5-10-22/h3-15,17H,16H2,1-2H3,(H,25,27)/t17-/m1/s1.